The van der Waals surface area contributed by atoms with Crippen LogP contribution in [0.4, 0.5) is 0 Å². The van der Waals surface area contributed by atoms with Crippen LogP contribution in [0.1, 0.15) is 40.5 Å². The topological polar surface area (TPSA) is 36.9 Å². The summed E-state index contributed by atoms with van der Waals surface area (Å²) >= 11 is 0. The van der Waals surface area contributed by atoms with Crippen LogP contribution < -0.4 is 0 Å². The molecule has 2 aliphatic rings. The fraction of sp³-hybridized carbons (Fsp3) is 1.00. The molecule has 0 radical (unpaired) electrons. The molecule has 0 saturated carbocycles. The van der Waals surface area contributed by atoms with E-state index in [0.717, 1.165) is 19.4 Å². The van der Waals surface area contributed by atoms with Crippen molar-refractivity contribution < 1.29 is 18.9 Å². The van der Waals surface area contributed by atoms with Gasteiger partial charge in [0.25, 0.3) is 0 Å². The van der Waals surface area contributed by atoms with Crippen LogP contribution in [0.25, 0.3) is 0 Å². The van der Waals surface area contributed by atoms with Gasteiger partial charge in [-0.1, -0.05) is 13.8 Å². The van der Waals surface area contributed by atoms with Crippen molar-refractivity contribution in [3.8, 4) is 0 Å². The van der Waals surface area contributed by atoms with E-state index in [4.69, 9.17) is 18.9 Å². The third-order valence-electron chi connectivity index (χ3n) is 3.36. The van der Waals surface area contributed by atoms with Gasteiger partial charge in [-0.15, -0.1) is 0 Å². The first-order valence-corrected chi connectivity index (χ1v) is 6.66. The highest BCUT2D eigenvalue weighted by Crippen LogP contribution is 2.41. The summed E-state index contributed by atoms with van der Waals surface area (Å²) in [7, 11) is 0. The van der Waals surface area contributed by atoms with Gasteiger partial charge in [0.15, 0.2) is 12.1 Å². The zero-order valence-corrected chi connectivity index (χ0v) is 11.3. The standard InChI is InChI=1S/C13H24O4/c1-5-7-14-8-9-10(6-2)15-12-11(9)16-13(3,4)17-12/h9-12H,5-8H2,1-4H3/t9-,10-,11-,12-/m1/s1. The van der Waals surface area contributed by atoms with Crippen LogP contribution in [0, 0.1) is 5.92 Å². The molecule has 2 saturated heterocycles. The summed E-state index contributed by atoms with van der Waals surface area (Å²) < 4.78 is 23.2. The van der Waals surface area contributed by atoms with Gasteiger partial charge in [-0.2, -0.15) is 0 Å². The Morgan fingerprint density at radius 1 is 1.18 bits per heavy atom. The van der Waals surface area contributed by atoms with E-state index in [1.165, 1.54) is 0 Å². The van der Waals surface area contributed by atoms with Crippen LogP contribution in [0.3, 0.4) is 0 Å². The van der Waals surface area contributed by atoms with Crippen LogP contribution in [0.5, 0.6) is 0 Å². The van der Waals surface area contributed by atoms with E-state index < -0.39 is 5.79 Å². The minimum Gasteiger partial charge on any atom is -0.381 e. The molecule has 0 unspecified atom stereocenters. The molecule has 0 aliphatic carbocycles. The minimum absolute atomic E-state index is 0.0202. The molecule has 100 valence electrons. The van der Waals surface area contributed by atoms with E-state index in [9.17, 15) is 0 Å². The second-order valence-electron chi connectivity index (χ2n) is 5.29. The van der Waals surface area contributed by atoms with Crippen LogP contribution in [-0.4, -0.2) is 37.5 Å². The second-order valence-corrected chi connectivity index (χ2v) is 5.29. The SMILES string of the molecule is CCCOC[C@H]1[C@H]2OC(C)(C)O[C@H]2O[C@@H]1CC. The van der Waals surface area contributed by atoms with Crippen molar-refractivity contribution >= 4 is 0 Å². The summed E-state index contributed by atoms with van der Waals surface area (Å²) in [4.78, 5) is 0. The lowest BCUT2D eigenvalue weighted by molar-refractivity contribution is -0.212. The molecular weight excluding hydrogens is 220 g/mol. The molecule has 0 aromatic rings. The van der Waals surface area contributed by atoms with Crippen LogP contribution in [-0.2, 0) is 18.9 Å². The average molecular weight is 244 g/mol. The van der Waals surface area contributed by atoms with Crippen LogP contribution in [0.2, 0.25) is 0 Å². The number of ether oxygens (including phenoxy) is 4. The number of rotatable bonds is 5. The highest BCUT2D eigenvalue weighted by Gasteiger charge is 2.53. The predicted octanol–water partition coefficient (Wildman–Crippen LogP) is 2.32. The van der Waals surface area contributed by atoms with Gasteiger partial charge in [0.05, 0.1) is 12.7 Å². The quantitative estimate of drug-likeness (QED) is 0.695. The summed E-state index contributed by atoms with van der Waals surface area (Å²) in [5.74, 6) is -0.241. The molecule has 0 aromatic carbocycles. The molecule has 2 aliphatic heterocycles. The van der Waals surface area contributed by atoms with Crippen molar-refractivity contribution in [2.45, 2.75) is 64.8 Å². The minimum atomic E-state index is -0.531. The Morgan fingerprint density at radius 3 is 2.59 bits per heavy atom. The first-order chi connectivity index (χ1) is 8.07. The lowest BCUT2D eigenvalue weighted by Gasteiger charge is -2.25. The Kier molecular flexibility index (Phi) is 4.08. The maximum Gasteiger partial charge on any atom is 0.187 e. The molecule has 0 amide bonds. The van der Waals surface area contributed by atoms with Gasteiger partial charge >= 0.3 is 0 Å². The zero-order chi connectivity index (χ0) is 12.5. The van der Waals surface area contributed by atoms with E-state index in [1.807, 2.05) is 13.8 Å². The number of hydrogen-bond acceptors (Lipinski definition) is 4. The van der Waals surface area contributed by atoms with Crippen molar-refractivity contribution in [2.75, 3.05) is 13.2 Å². The fourth-order valence-electron chi connectivity index (χ4n) is 2.60. The lowest BCUT2D eigenvalue weighted by Crippen LogP contribution is -2.33. The lowest BCUT2D eigenvalue weighted by atomic mass is 9.98. The molecule has 2 rings (SSSR count). The molecule has 4 nitrogen and oxygen atoms in total. The Labute approximate surface area is 104 Å². The predicted molar refractivity (Wildman–Crippen MR) is 63.6 cm³/mol. The van der Waals surface area contributed by atoms with E-state index in [2.05, 4.69) is 13.8 Å². The highest BCUT2D eigenvalue weighted by atomic mass is 16.8. The Balaban J connectivity index is 1.95. The van der Waals surface area contributed by atoms with Crippen molar-refractivity contribution in [3.63, 3.8) is 0 Å². The second kappa shape index (κ2) is 5.22. The molecule has 0 spiro atoms. The van der Waals surface area contributed by atoms with Gasteiger partial charge in [0, 0.05) is 12.5 Å². The maximum absolute atomic E-state index is 5.92. The summed E-state index contributed by atoms with van der Waals surface area (Å²) in [6.07, 6.45) is 2.01. The van der Waals surface area contributed by atoms with Gasteiger partial charge < -0.3 is 18.9 Å². The Bertz CT molecular complexity index is 254. The maximum atomic E-state index is 5.92. The van der Waals surface area contributed by atoms with E-state index in [1.54, 1.807) is 0 Å². The molecule has 0 aromatic heterocycles. The summed E-state index contributed by atoms with van der Waals surface area (Å²) in [5.41, 5.74) is 0. The molecule has 17 heavy (non-hydrogen) atoms. The van der Waals surface area contributed by atoms with Gasteiger partial charge in [0.1, 0.15) is 6.10 Å². The first kappa shape index (κ1) is 13.3. The number of hydrogen-bond donors (Lipinski definition) is 0. The van der Waals surface area contributed by atoms with Gasteiger partial charge in [-0.05, 0) is 26.7 Å². The van der Waals surface area contributed by atoms with Crippen molar-refractivity contribution in [2.24, 2.45) is 5.92 Å². The smallest absolute Gasteiger partial charge is 0.187 e. The van der Waals surface area contributed by atoms with E-state index in [-0.39, 0.29) is 18.5 Å². The fourth-order valence-corrected chi connectivity index (χ4v) is 2.60. The molecule has 4 atom stereocenters. The van der Waals surface area contributed by atoms with Crippen molar-refractivity contribution in [1.82, 2.24) is 0 Å². The van der Waals surface area contributed by atoms with Crippen LogP contribution in [0.15, 0.2) is 0 Å². The van der Waals surface area contributed by atoms with Crippen molar-refractivity contribution in [3.05, 3.63) is 0 Å². The average Bonchev–Trinajstić information content (AvgIpc) is 2.72. The van der Waals surface area contributed by atoms with E-state index in [0.29, 0.717) is 12.5 Å². The van der Waals surface area contributed by atoms with Gasteiger partial charge in [0.2, 0.25) is 0 Å². The highest BCUT2D eigenvalue weighted by molar-refractivity contribution is 4.92. The van der Waals surface area contributed by atoms with Gasteiger partial charge in [-0.25, -0.2) is 0 Å². The largest absolute Gasteiger partial charge is 0.381 e. The zero-order valence-electron chi connectivity index (χ0n) is 11.3. The third-order valence-corrected chi connectivity index (χ3v) is 3.36. The molecule has 0 bridgehead atoms. The normalized spacial score (nSPS) is 39.5. The van der Waals surface area contributed by atoms with Gasteiger partial charge in [-0.3, -0.25) is 0 Å². The monoisotopic (exact) mass is 244 g/mol. The third kappa shape index (κ3) is 2.81. The summed E-state index contributed by atoms with van der Waals surface area (Å²) in [6, 6.07) is 0. The van der Waals surface area contributed by atoms with E-state index >= 15 is 0 Å². The van der Waals surface area contributed by atoms with Crippen molar-refractivity contribution in [1.29, 1.82) is 0 Å². The summed E-state index contributed by atoms with van der Waals surface area (Å²) in [5, 5.41) is 0. The molecule has 4 heteroatoms. The Morgan fingerprint density at radius 2 is 1.94 bits per heavy atom. The molecule has 2 heterocycles. The molecule has 0 N–H and O–H groups in total. The summed E-state index contributed by atoms with van der Waals surface area (Å²) in [6.45, 7) is 9.61. The first-order valence-electron chi connectivity index (χ1n) is 6.66. The molecular formula is C13H24O4. The number of fused-ring (bicyclic) bond motifs is 1. The van der Waals surface area contributed by atoms with Crippen LogP contribution >= 0.6 is 0 Å². The Hall–Kier alpha value is -0.160. The molecule has 2 fully saturated rings.